The van der Waals surface area contributed by atoms with Crippen LogP contribution >= 0.6 is 0 Å². The highest BCUT2D eigenvalue weighted by atomic mass is 28.4. The molecule has 2 nitrogen and oxygen atoms in total. The Bertz CT molecular complexity index is 208. The molecule has 0 saturated heterocycles. The molecule has 1 aliphatic carbocycles. The van der Waals surface area contributed by atoms with Crippen molar-refractivity contribution in [3.05, 3.63) is 0 Å². The highest BCUT2D eigenvalue weighted by molar-refractivity contribution is 6.74. The Morgan fingerprint density at radius 1 is 1.25 bits per heavy atom. The Kier molecular flexibility index (Phi) is 5.01. The first-order valence-corrected chi connectivity index (χ1v) is 8.89. The van der Waals surface area contributed by atoms with Gasteiger partial charge in [0.25, 0.3) is 8.48 Å². The molecule has 0 radical (unpaired) electrons. The fourth-order valence-electron chi connectivity index (χ4n) is 2.88. The predicted octanol–water partition coefficient (Wildman–Crippen LogP) is 3.82. The molecular weight excluding hydrogens is 214 g/mol. The molecule has 96 valence electrons. The van der Waals surface area contributed by atoms with Gasteiger partial charge >= 0.3 is 0 Å². The van der Waals surface area contributed by atoms with Crippen molar-refractivity contribution in [3.63, 3.8) is 0 Å². The molecule has 0 bridgehead atoms. The maximum atomic E-state index is 6.03. The van der Waals surface area contributed by atoms with E-state index in [4.69, 9.17) is 4.43 Å². The third-order valence-corrected chi connectivity index (χ3v) is 9.15. The van der Waals surface area contributed by atoms with Crippen LogP contribution < -0.4 is 4.98 Å². The molecule has 0 aromatic carbocycles. The van der Waals surface area contributed by atoms with Crippen LogP contribution in [0.3, 0.4) is 0 Å². The van der Waals surface area contributed by atoms with Crippen LogP contribution in [-0.4, -0.2) is 21.6 Å². The topological polar surface area (TPSA) is 21.3 Å². The summed E-state index contributed by atoms with van der Waals surface area (Å²) in [7, 11) is 0.126. The molecule has 0 heterocycles. The Labute approximate surface area is 102 Å². The van der Waals surface area contributed by atoms with Crippen LogP contribution in [-0.2, 0) is 4.43 Å². The highest BCUT2D eigenvalue weighted by Crippen LogP contribution is 2.39. The summed E-state index contributed by atoms with van der Waals surface area (Å²) in [6.45, 7) is 9.27. The van der Waals surface area contributed by atoms with E-state index in [-0.39, 0.29) is 5.04 Å². The summed E-state index contributed by atoms with van der Waals surface area (Å²) in [4.78, 5) is 3.94. The van der Waals surface area contributed by atoms with Gasteiger partial charge in [0.2, 0.25) is 0 Å². The fraction of sp³-hybridized carbons (Fsp3) is 1.00. The lowest BCUT2D eigenvalue weighted by Gasteiger charge is -2.43. The van der Waals surface area contributed by atoms with Crippen molar-refractivity contribution >= 4 is 8.48 Å². The fourth-order valence-corrected chi connectivity index (χ4v) is 6.80. The van der Waals surface area contributed by atoms with E-state index in [1.807, 2.05) is 7.11 Å². The van der Waals surface area contributed by atoms with E-state index < -0.39 is 8.48 Å². The summed E-state index contributed by atoms with van der Waals surface area (Å²) in [6, 6.07) is 1.95. The molecule has 1 aliphatic rings. The minimum absolute atomic E-state index is 0.278. The van der Waals surface area contributed by atoms with Crippen molar-refractivity contribution in [2.45, 2.75) is 76.9 Å². The number of nitrogens with one attached hydrogen (secondary N) is 1. The summed E-state index contributed by atoms with van der Waals surface area (Å²) in [5.74, 6) is 0. The molecule has 16 heavy (non-hydrogen) atoms. The van der Waals surface area contributed by atoms with Gasteiger partial charge in [-0.25, -0.2) is 0 Å². The van der Waals surface area contributed by atoms with E-state index in [2.05, 4.69) is 32.7 Å². The average molecular weight is 243 g/mol. The summed E-state index contributed by atoms with van der Waals surface area (Å²) >= 11 is 0. The Morgan fingerprint density at radius 3 is 2.19 bits per heavy atom. The third kappa shape index (κ3) is 3.08. The molecule has 0 amide bonds. The molecule has 0 aromatic rings. The van der Waals surface area contributed by atoms with Gasteiger partial charge in [0.15, 0.2) is 0 Å². The van der Waals surface area contributed by atoms with Crippen molar-refractivity contribution in [1.29, 1.82) is 0 Å². The van der Waals surface area contributed by atoms with E-state index in [0.717, 1.165) is 6.04 Å². The van der Waals surface area contributed by atoms with E-state index in [9.17, 15) is 0 Å². The lowest BCUT2D eigenvalue weighted by molar-refractivity contribution is 0.331. The van der Waals surface area contributed by atoms with E-state index in [1.54, 1.807) is 0 Å². The van der Waals surface area contributed by atoms with Gasteiger partial charge in [-0.2, -0.15) is 0 Å². The molecule has 1 N–H and O–H groups in total. The van der Waals surface area contributed by atoms with Crippen LogP contribution in [0, 0.1) is 0 Å². The van der Waals surface area contributed by atoms with E-state index in [0.29, 0.717) is 0 Å². The second kappa shape index (κ2) is 5.65. The van der Waals surface area contributed by atoms with Gasteiger partial charge in [-0.1, -0.05) is 47.0 Å². The lowest BCUT2D eigenvalue weighted by atomic mass is 10.2. The molecule has 1 fully saturated rings. The highest BCUT2D eigenvalue weighted by Gasteiger charge is 2.47. The summed E-state index contributed by atoms with van der Waals surface area (Å²) in [5.41, 5.74) is 0. The monoisotopic (exact) mass is 243 g/mol. The number of rotatable bonds is 5. The lowest BCUT2D eigenvalue weighted by Crippen LogP contribution is -2.61. The zero-order valence-corrected chi connectivity index (χ0v) is 12.7. The second-order valence-corrected chi connectivity index (χ2v) is 10.5. The second-order valence-electron chi connectivity index (χ2n) is 6.16. The number of hydrogen-bond acceptors (Lipinski definition) is 2. The average Bonchev–Trinajstić information content (AvgIpc) is 2.67. The largest absolute Gasteiger partial charge is 0.406 e. The van der Waals surface area contributed by atoms with Crippen molar-refractivity contribution in [2.24, 2.45) is 0 Å². The van der Waals surface area contributed by atoms with Gasteiger partial charge in [-0.05, 0) is 23.9 Å². The SMILES string of the molecule is CCC[Si](NC1CCCC1)(OC)C(C)(C)C. The zero-order chi connectivity index (χ0) is 12.2. The van der Waals surface area contributed by atoms with Crippen LogP contribution in [0.25, 0.3) is 0 Å². The van der Waals surface area contributed by atoms with Gasteiger partial charge in [0.05, 0.1) is 0 Å². The summed E-state index contributed by atoms with van der Waals surface area (Å²) < 4.78 is 6.03. The van der Waals surface area contributed by atoms with Gasteiger partial charge in [0.1, 0.15) is 0 Å². The summed E-state index contributed by atoms with van der Waals surface area (Å²) in [5, 5.41) is 0.278. The van der Waals surface area contributed by atoms with Crippen LogP contribution in [0.2, 0.25) is 11.1 Å². The zero-order valence-electron chi connectivity index (χ0n) is 11.7. The first-order valence-electron chi connectivity index (χ1n) is 6.78. The minimum Gasteiger partial charge on any atom is -0.406 e. The van der Waals surface area contributed by atoms with Gasteiger partial charge < -0.3 is 9.41 Å². The Balaban J connectivity index is 2.75. The molecule has 1 unspecified atom stereocenters. The van der Waals surface area contributed by atoms with Crippen molar-refractivity contribution in [3.8, 4) is 0 Å². The maximum Gasteiger partial charge on any atom is 0.274 e. The van der Waals surface area contributed by atoms with Gasteiger partial charge in [-0.15, -0.1) is 0 Å². The van der Waals surface area contributed by atoms with E-state index >= 15 is 0 Å². The molecular formula is C13H29NOSi. The van der Waals surface area contributed by atoms with Crippen molar-refractivity contribution < 1.29 is 4.43 Å². The quantitative estimate of drug-likeness (QED) is 0.741. The summed E-state index contributed by atoms with van der Waals surface area (Å²) in [6.07, 6.45) is 6.69. The maximum absolute atomic E-state index is 6.03. The van der Waals surface area contributed by atoms with E-state index in [1.165, 1.54) is 38.1 Å². The van der Waals surface area contributed by atoms with Gasteiger partial charge in [-0.3, -0.25) is 0 Å². The normalized spacial score (nSPS) is 22.3. The molecule has 3 heteroatoms. The first kappa shape index (κ1) is 14.2. The predicted molar refractivity (Wildman–Crippen MR) is 73.0 cm³/mol. The smallest absolute Gasteiger partial charge is 0.274 e. The Hall–Kier alpha value is 0.137. The first-order chi connectivity index (χ1) is 7.45. The molecule has 0 aromatic heterocycles. The minimum atomic E-state index is -1.79. The molecule has 1 saturated carbocycles. The molecule has 0 spiro atoms. The number of hydrogen-bond donors (Lipinski definition) is 1. The van der Waals surface area contributed by atoms with Gasteiger partial charge in [0, 0.05) is 13.2 Å². The van der Waals surface area contributed by atoms with Crippen LogP contribution in [0.5, 0.6) is 0 Å². The molecule has 0 aliphatic heterocycles. The van der Waals surface area contributed by atoms with Crippen molar-refractivity contribution in [2.75, 3.05) is 7.11 Å². The van der Waals surface area contributed by atoms with Crippen LogP contribution in [0.4, 0.5) is 0 Å². The van der Waals surface area contributed by atoms with Crippen LogP contribution in [0.1, 0.15) is 59.8 Å². The molecule has 1 rings (SSSR count). The van der Waals surface area contributed by atoms with Crippen molar-refractivity contribution in [1.82, 2.24) is 4.98 Å². The molecule has 1 atom stereocenters. The third-order valence-electron chi connectivity index (χ3n) is 3.95. The van der Waals surface area contributed by atoms with Crippen LogP contribution in [0.15, 0.2) is 0 Å². The Morgan fingerprint density at radius 2 is 1.81 bits per heavy atom. The standard InChI is InChI=1S/C13H29NOSi/c1-6-11-16(15-5,13(2,3)4)14-12-9-7-8-10-12/h12,14H,6-11H2,1-5H3.